The number of nitrogens with two attached hydrogens (primary N) is 1. The molecule has 106 valence electrons. The van der Waals surface area contributed by atoms with Gasteiger partial charge in [0.25, 0.3) is 0 Å². The quantitative estimate of drug-likeness (QED) is 0.748. The highest BCUT2D eigenvalue weighted by atomic mass is 32.2. The number of hydrogen-bond donors (Lipinski definition) is 2. The predicted octanol–water partition coefficient (Wildman–Crippen LogP) is 2.09. The number of aromatic nitrogens is 2. The number of nitrogen functional groups attached to an aromatic ring is 1. The Bertz CT molecular complexity index is 411. The van der Waals surface area contributed by atoms with Crippen molar-refractivity contribution in [3.8, 4) is 0 Å². The van der Waals surface area contributed by atoms with Gasteiger partial charge in [0.2, 0.25) is 5.91 Å². The predicted molar refractivity (Wildman–Crippen MR) is 78.8 cm³/mol. The molecule has 0 saturated heterocycles. The van der Waals surface area contributed by atoms with E-state index in [-0.39, 0.29) is 11.9 Å². The number of carbonyl (C=O) groups is 1. The van der Waals surface area contributed by atoms with Crippen LogP contribution >= 0.6 is 11.8 Å². The Morgan fingerprint density at radius 3 is 2.63 bits per heavy atom. The van der Waals surface area contributed by atoms with E-state index in [4.69, 9.17) is 5.73 Å². The first-order valence-corrected chi connectivity index (χ1v) is 7.46. The smallest absolute Gasteiger partial charge is 0.230 e. The van der Waals surface area contributed by atoms with Crippen LogP contribution in [0.1, 0.15) is 33.6 Å². The molecule has 1 heterocycles. The van der Waals surface area contributed by atoms with Crippen LogP contribution in [0.3, 0.4) is 0 Å². The average molecular weight is 282 g/mol. The minimum absolute atomic E-state index is 0.00584. The lowest BCUT2D eigenvalue weighted by Crippen LogP contribution is -2.34. The van der Waals surface area contributed by atoms with Crippen molar-refractivity contribution in [2.24, 2.45) is 5.92 Å². The van der Waals surface area contributed by atoms with Crippen LogP contribution in [0.5, 0.6) is 0 Å². The molecule has 0 saturated carbocycles. The molecule has 5 nitrogen and oxygen atoms in total. The number of carbonyl (C=O) groups excluding carboxylic acids is 1. The zero-order valence-corrected chi connectivity index (χ0v) is 12.5. The van der Waals surface area contributed by atoms with E-state index in [1.165, 1.54) is 18.0 Å². The molecule has 1 aromatic rings. The molecule has 3 N–H and O–H groups in total. The second-order valence-electron chi connectivity index (χ2n) is 4.98. The Morgan fingerprint density at radius 2 is 2.00 bits per heavy atom. The van der Waals surface area contributed by atoms with Crippen LogP contribution in [0.2, 0.25) is 0 Å². The molecule has 0 aromatic carbocycles. The molecule has 1 aromatic heterocycles. The molecular weight excluding hydrogens is 260 g/mol. The van der Waals surface area contributed by atoms with Crippen molar-refractivity contribution in [2.45, 2.75) is 44.7 Å². The van der Waals surface area contributed by atoms with Gasteiger partial charge >= 0.3 is 0 Å². The minimum Gasteiger partial charge on any atom is -0.381 e. The summed E-state index contributed by atoms with van der Waals surface area (Å²) in [6, 6.07) is 0.203. The maximum absolute atomic E-state index is 11.8. The van der Waals surface area contributed by atoms with Gasteiger partial charge in [0.05, 0.1) is 5.75 Å². The number of thioether (sulfide) groups is 1. The Kier molecular flexibility index (Phi) is 6.62. The Balaban J connectivity index is 2.30. The summed E-state index contributed by atoms with van der Waals surface area (Å²) in [6.45, 7) is 6.39. The summed E-state index contributed by atoms with van der Waals surface area (Å²) in [5.41, 5.74) is 5.66. The third-order valence-corrected chi connectivity index (χ3v) is 3.61. The highest BCUT2D eigenvalue weighted by Crippen LogP contribution is 2.19. The molecule has 19 heavy (non-hydrogen) atoms. The van der Waals surface area contributed by atoms with Crippen molar-refractivity contribution < 1.29 is 4.79 Å². The number of nitrogens with zero attached hydrogens (tertiary/aromatic N) is 2. The fourth-order valence-corrected chi connectivity index (χ4v) is 2.24. The third-order valence-electron chi connectivity index (χ3n) is 2.62. The summed E-state index contributed by atoms with van der Waals surface area (Å²) in [6.07, 6.45) is 5.22. The first-order chi connectivity index (χ1) is 8.99. The van der Waals surface area contributed by atoms with E-state index in [1.807, 2.05) is 6.92 Å². The number of rotatable bonds is 7. The first-order valence-electron chi connectivity index (χ1n) is 6.47. The van der Waals surface area contributed by atoms with Gasteiger partial charge < -0.3 is 11.1 Å². The summed E-state index contributed by atoms with van der Waals surface area (Å²) in [5.74, 6) is 1.35. The average Bonchev–Trinajstić information content (AvgIpc) is 2.35. The van der Waals surface area contributed by atoms with Crippen LogP contribution in [-0.4, -0.2) is 27.7 Å². The molecule has 6 heteroatoms. The van der Waals surface area contributed by atoms with Gasteiger partial charge in [0, 0.05) is 18.4 Å². The topological polar surface area (TPSA) is 80.9 Å². The van der Waals surface area contributed by atoms with Gasteiger partial charge in [-0.25, -0.2) is 9.97 Å². The van der Waals surface area contributed by atoms with Crippen molar-refractivity contribution in [3.05, 3.63) is 12.4 Å². The lowest BCUT2D eigenvalue weighted by Gasteiger charge is -2.14. The molecule has 0 bridgehead atoms. The number of nitrogens with one attached hydrogen (secondary N) is 1. The van der Waals surface area contributed by atoms with Gasteiger partial charge in [0.1, 0.15) is 5.03 Å². The third kappa shape index (κ3) is 6.42. The number of hydrogen-bond acceptors (Lipinski definition) is 5. The van der Waals surface area contributed by atoms with Gasteiger partial charge in [-0.05, 0) is 25.7 Å². The summed E-state index contributed by atoms with van der Waals surface area (Å²) >= 11 is 1.31. The SMILES string of the molecule is CC(C)CCC(C)NC(=O)CSc1nccnc1N. The van der Waals surface area contributed by atoms with E-state index >= 15 is 0 Å². The molecular formula is C13H22N4OS. The molecule has 1 atom stereocenters. The first kappa shape index (κ1) is 15.8. The van der Waals surface area contributed by atoms with Gasteiger partial charge in [0.15, 0.2) is 5.82 Å². The monoisotopic (exact) mass is 282 g/mol. The van der Waals surface area contributed by atoms with Crippen LogP contribution in [0.4, 0.5) is 5.82 Å². The fraction of sp³-hybridized carbons (Fsp3) is 0.615. The molecule has 1 amide bonds. The molecule has 0 aliphatic carbocycles. The fourth-order valence-electron chi connectivity index (χ4n) is 1.55. The highest BCUT2D eigenvalue weighted by molar-refractivity contribution is 8.00. The zero-order valence-electron chi connectivity index (χ0n) is 11.7. The molecule has 0 radical (unpaired) electrons. The molecule has 0 fully saturated rings. The van der Waals surface area contributed by atoms with E-state index in [0.29, 0.717) is 22.5 Å². The second kappa shape index (κ2) is 7.99. The Labute approximate surface area is 118 Å². The van der Waals surface area contributed by atoms with Crippen LogP contribution in [-0.2, 0) is 4.79 Å². The lowest BCUT2D eigenvalue weighted by atomic mass is 10.0. The van der Waals surface area contributed by atoms with Gasteiger partial charge in [-0.15, -0.1) is 0 Å². The maximum atomic E-state index is 11.8. The van der Waals surface area contributed by atoms with Crippen molar-refractivity contribution in [1.82, 2.24) is 15.3 Å². The van der Waals surface area contributed by atoms with Crippen LogP contribution in [0.15, 0.2) is 17.4 Å². The van der Waals surface area contributed by atoms with Crippen molar-refractivity contribution in [2.75, 3.05) is 11.5 Å². The molecule has 0 spiro atoms. The molecule has 0 aliphatic heterocycles. The normalized spacial score (nSPS) is 12.4. The zero-order chi connectivity index (χ0) is 14.3. The molecule has 1 rings (SSSR count). The van der Waals surface area contributed by atoms with E-state index in [0.717, 1.165) is 12.8 Å². The highest BCUT2D eigenvalue weighted by Gasteiger charge is 2.10. The van der Waals surface area contributed by atoms with E-state index in [2.05, 4.69) is 29.1 Å². The standard InChI is InChI=1S/C13H22N4OS/c1-9(2)4-5-10(3)17-11(18)8-19-13-12(14)15-6-7-16-13/h6-7,9-10H,4-5,8H2,1-3H3,(H2,14,15)(H,17,18). The summed E-state index contributed by atoms with van der Waals surface area (Å²) in [4.78, 5) is 19.8. The van der Waals surface area contributed by atoms with Crippen LogP contribution < -0.4 is 11.1 Å². The maximum Gasteiger partial charge on any atom is 0.230 e. The van der Waals surface area contributed by atoms with Crippen molar-refractivity contribution in [1.29, 1.82) is 0 Å². The van der Waals surface area contributed by atoms with Gasteiger partial charge in [-0.3, -0.25) is 4.79 Å². The van der Waals surface area contributed by atoms with E-state index < -0.39 is 0 Å². The largest absolute Gasteiger partial charge is 0.381 e. The summed E-state index contributed by atoms with van der Waals surface area (Å²) < 4.78 is 0. The van der Waals surface area contributed by atoms with Gasteiger partial charge in [-0.2, -0.15) is 0 Å². The van der Waals surface area contributed by atoms with Crippen molar-refractivity contribution >= 4 is 23.5 Å². The van der Waals surface area contributed by atoms with E-state index in [9.17, 15) is 4.79 Å². The Hall–Kier alpha value is -1.30. The molecule has 0 aliphatic rings. The number of anilines is 1. The molecule has 1 unspecified atom stereocenters. The minimum atomic E-state index is 0.00584. The van der Waals surface area contributed by atoms with Crippen molar-refractivity contribution in [3.63, 3.8) is 0 Å². The van der Waals surface area contributed by atoms with Crippen LogP contribution in [0, 0.1) is 5.92 Å². The van der Waals surface area contributed by atoms with E-state index in [1.54, 1.807) is 6.20 Å². The summed E-state index contributed by atoms with van der Waals surface area (Å²) in [7, 11) is 0. The van der Waals surface area contributed by atoms with Crippen LogP contribution in [0.25, 0.3) is 0 Å². The number of amides is 1. The Morgan fingerprint density at radius 1 is 1.32 bits per heavy atom. The van der Waals surface area contributed by atoms with Gasteiger partial charge in [-0.1, -0.05) is 25.6 Å². The lowest BCUT2D eigenvalue weighted by molar-refractivity contribution is -0.119. The second-order valence-corrected chi connectivity index (χ2v) is 5.94. The summed E-state index contributed by atoms with van der Waals surface area (Å²) in [5, 5.41) is 3.58.